The van der Waals surface area contributed by atoms with Gasteiger partial charge in [0.05, 0.1) is 0 Å². The van der Waals surface area contributed by atoms with E-state index in [4.69, 9.17) is 17.3 Å². The van der Waals surface area contributed by atoms with E-state index in [1.165, 1.54) is 4.68 Å². The molecule has 0 fully saturated rings. The van der Waals surface area contributed by atoms with Gasteiger partial charge in [0.25, 0.3) is 0 Å². The minimum absolute atomic E-state index is 0.175. The molecule has 1 rings (SSSR count). The Bertz CT molecular complexity index is 359. The van der Waals surface area contributed by atoms with Gasteiger partial charge in [-0.15, -0.1) is 0 Å². The first kappa shape index (κ1) is 10.8. The number of carbonyl (C=O) groups is 1. The molecule has 0 aromatic carbocycles. The van der Waals surface area contributed by atoms with Gasteiger partial charge < -0.3 is 5.11 Å². The third kappa shape index (κ3) is 2.38. The van der Waals surface area contributed by atoms with Crippen molar-refractivity contribution >= 4 is 18.2 Å². The van der Waals surface area contributed by atoms with Crippen LogP contribution in [0.2, 0.25) is 0 Å². The van der Waals surface area contributed by atoms with E-state index in [2.05, 4.69) is 15.5 Å². The van der Waals surface area contributed by atoms with Crippen LogP contribution in [0.15, 0.2) is 0 Å². The number of carboxylic acids is 1. The lowest BCUT2D eigenvalue weighted by atomic mass is 10.1. The zero-order valence-corrected chi connectivity index (χ0v) is 8.62. The highest BCUT2D eigenvalue weighted by atomic mass is 32.1. The van der Waals surface area contributed by atoms with E-state index in [0.29, 0.717) is 6.42 Å². The molecule has 0 spiro atoms. The van der Waals surface area contributed by atoms with Gasteiger partial charge in [-0.1, -0.05) is 30.1 Å². The van der Waals surface area contributed by atoms with Gasteiger partial charge in [0.2, 0.25) is 4.77 Å². The van der Waals surface area contributed by atoms with Crippen LogP contribution in [0.25, 0.3) is 0 Å². The maximum atomic E-state index is 10.9. The Morgan fingerprint density at radius 2 is 2.50 bits per heavy atom. The molecule has 0 bridgehead atoms. The first-order chi connectivity index (χ1) is 6.66. The van der Waals surface area contributed by atoms with Gasteiger partial charge in [-0.25, -0.2) is 9.48 Å². The second-order valence-electron chi connectivity index (χ2n) is 2.95. The zero-order chi connectivity index (χ0) is 10.6. The van der Waals surface area contributed by atoms with Crippen molar-refractivity contribution in [3.63, 3.8) is 0 Å². The molecule has 0 aliphatic carbocycles. The molecule has 1 unspecified atom stereocenters. The molecule has 1 atom stereocenters. The molecule has 6 nitrogen and oxygen atoms in total. The number of nitrogens with one attached hydrogen (secondary N) is 1. The van der Waals surface area contributed by atoms with Gasteiger partial charge in [-0.2, -0.15) is 5.21 Å². The number of aliphatic carboxylic acids is 1. The lowest BCUT2D eigenvalue weighted by Gasteiger charge is -2.11. The molecule has 0 amide bonds. The van der Waals surface area contributed by atoms with Crippen molar-refractivity contribution in [2.45, 2.75) is 32.2 Å². The minimum atomic E-state index is -0.916. The predicted octanol–water partition coefficient (Wildman–Crippen LogP) is 1.15. The van der Waals surface area contributed by atoms with Gasteiger partial charge in [0.15, 0.2) is 6.04 Å². The Morgan fingerprint density at radius 3 is 2.93 bits per heavy atom. The van der Waals surface area contributed by atoms with Gasteiger partial charge in [-0.05, 0) is 18.6 Å². The fraction of sp³-hybridized carbons (Fsp3) is 0.714. The molecular formula is C7H12N4O2S. The number of hydrogen-bond acceptors (Lipinski definition) is 4. The zero-order valence-electron chi connectivity index (χ0n) is 7.80. The summed E-state index contributed by atoms with van der Waals surface area (Å²) in [6, 6.07) is -0.683. The molecule has 0 aliphatic heterocycles. The highest BCUT2D eigenvalue weighted by molar-refractivity contribution is 7.71. The Hall–Kier alpha value is -1.24. The Kier molecular flexibility index (Phi) is 3.75. The first-order valence-corrected chi connectivity index (χ1v) is 4.80. The topological polar surface area (TPSA) is 83.8 Å². The van der Waals surface area contributed by atoms with Crippen molar-refractivity contribution in [3.05, 3.63) is 4.77 Å². The summed E-state index contributed by atoms with van der Waals surface area (Å²) in [4.78, 5) is 10.9. The molecule has 7 heteroatoms. The molecule has 1 aromatic heterocycles. The minimum Gasteiger partial charge on any atom is -0.480 e. The third-order valence-corrected chi connectivity index (χ3v) is 2.20. The number of unbranched alkanes of at least 4 members (excludes halogenated alkanes) is 1. The van der Waals surface area contributed by atoms with E-state index in [9.17, 15) is 4.79 Å². The van der Waals surface area contributed by atoms with E-state index in [-0.39, 0.29) is 4.77 Å². The number of carboxylic acid groups (broad SMARTS) is 1. The lowest BCUT2D eigenvalue weighted by Crippen LogP contribution is -2.20. The summed E-state index contributed by atoms with van der Waals surface area (Å²) in [5, 5.41) is 18.4. The van der Waals surface area contributed by atoms with Gasteiger partial charge in [0, 0.05) is 0 Å². The van der Waals surface area contributed by atoms with Crippen LogP contribution in [0, 0.1) is 4.77 Å². The fourth-order valence-electron chi connectivity index (χ4n) is 1.17. The number of rotatable bonds is 5. The number of aromatic amines is 1. The van der Waals surface area contributed by atoms with Crippen molar-refractivity contribution in [1.29, 1.82) is 0 Å². The lowest BCUT2D eigenvalue weighted by molar-refractivity contribution is -0.141. The summed E-state index contributed by atoms with van der Waals surface area (Å²) >= 11 is 4.83. The molecule has 0 radical (unpaired) electrons. The highest BCUT2D eigenvalue weighted by Crippen LogP contribution is 2.13. The number of hydrogen-bond donors (Lipinski definition) is 2. The quantitative estimate of drug-likeness (QED) is 0.721. The SMILES string of the molecule is CCCCC(C(=O)O)n1[nH]nnc1=S. The molecule has 0 saturated heterocycles. The van der Waals surface area contributed by atoms with E-state index < -0.39 is 12.0 Å². The van der Waals surface area contributed by atoms with Crippen LogP contribution in [0.5, 0.6) is 0 Å². The van der Waals surface area contributed by atoms with Crippen LogP contribution >= 0.6 is 12.2 Å². The van der Waals surface area contributed by atoms with Crippen LogP contribution in [0.3, 0.4) is 0 Å². The van der Waals surface area contributed by atoms with E-state index in [1.54, 1.807) is 0 Å². The second kappa shape index (κ2) is 4.85. The smallest absolute Gasteiger partial charge is 0.328 e. The first-order valence-electron chi connectivity index (χ1n) is 4.39. The number of nitrogens with zero attached hydrogens (tertiary/aromatic N) is 3. The largest absolute Gasteiger partial charge is 0.480 e. The number of tetrazole rings is 1. The van der Waals surface area contributed by atoms with Gasteiger partial charge in [-0.3, -0.25) is 0 Å². The average Bonchev–Trinajstić information content (AvgIpc) is 2.52. The van der Waals surface area contributed by atoms with Crippen LogP contribution in [-0.4, -0.2) is 31.3 Å². The summed E-state index contributed by atoms with van der Waals surface area (Å²) in [6.45, 7) is 2.00. The summed E-state index contributed by atoms with van der Waals surface area (Å²) in [7, 11) is 0. The number of H-pyrrole nitrogens is 1. The molecule has 2 N–H and O–H groups in total. The van der Waals surface area contributed by atoms with Crippen molar-refractivity contribution in [2.24, 2.45) is 0 Å². The summed E-state index contributed by atoms with van der Waals surface area (Å²) < 4.78 is 1.47. The molecule has 14 heavy (non-hydrogen) atoms. The van der Waals surface area contributed by atoms with Crippen LogP contribution in [-0.2, 0) is 4.79 Å². The van der Waals surface area contributed by atoms with Crippen LogP contribution < -0.4 is 0 Å². The van der Waals surface area contributed by atoms with Crippen molar-refractivity contribution in [1.82, 2.24) is 20.2 Å². The van der Waals surface area contributed by atoms with E-state index >= 15 is 0 Å². The second-order valence-corrected chi connectivity index (χ2v) is 3.31. The Morgan fingerprint density at radius 1 is 1.79 bits per heavy atom. The predicted molar refractivity (Wildman–Crippen MR) is 51.4 cm³/mol. The molecule has 1 heterocycles. The third-order valence-electron chi connectivity index (χ3n) is 1.92. The van der Waals surface area contributed by atoms with Crippen molar-refractivity contribution < 1.29 is 9.90 Å². The van der Waals surface area contributed by atoms with Crippen molar-refractivity contribution in [2.75, 3.05) is 0 Å². The monoisotopic (exact) mass is 216 g/mol. The van der Waals surface area contributed by atoms with Gasteiger partial charge >= 0.3 is 5.97 Å². The van der Waals surface area contributed by atoms with Gasteiger partial charge in [0.1, 0.15) is 0 Å². The normalized spacial score (nSPS) is 12.6. The van der Waals surface area contributed by atoms with Crippen molar-refractivity contribution in [3.8, 4) is 0 Å². The van der Waals surface area contributed by atoms with E-state index in [1.807, 2.05) is 6.92 Å². The molecule has 1 aromatic rings. The highest BCUT2D eigenvalue weighted by Gasteiger charge is 2.20. The number of aromatic nitrogens is 4. The van der Waals surface area contributed by atoms with Crippen LogP contribution in [0.4, 0.5) is 0 Å². The van der Waals surface area contributed by atoms with E-state index in [0.717, 1.165) is 12.8 Å². The summed E-state index contributed by atoms with van der Waals surface area (Å²) in [5.74, 6) is -0.916. The molecule has 78 valence electrons. The fourth-order valence-corrected chi connectivity index (χ4v) is 1.38. The average molecular weight is 216 g/mol. The standard InChI is InChI=1S/C7H12N4O2S/c1-2-3-4-5(6(12)13)11-7(14)8-9-10-11/h5H,2-4H2,1H3,(H,12,13)(H,8,10,14). The maximum absolute atomic E-state index is 10.9. The summed E-state index contributed by atoms with van der Waals surface area (Å²) in [6.07, 6.45) is 2.31. The van der Waals surface area contributed by atoms with Crippen LogP contribution in [0.1, 0.15) is 32.2 Å². The Balaban J connectivity index is 2.83. The maximum Gasteiger partial charge on any atom is 0.328 e. The molecular weight excluding hydrogens is 204 g/mol. The molecule has 0 saturated carbocycles. The summed E-state index contributed by atoms with van der Waals surface area (Å²) in [5.41, 5.74) is 0. The Labute approximate surface area is 85.9 Å². The molecule has 0 aliphatic rings.